The Morgan fingerprint density at radius 1 is 1.04 bits per heavy atom. The number of nitrogens with one attached hydrogen (secondary N) is 1. The van der Waals surface area contributed by atoms with E-state index in [9.17, 15) is 4.79 Å². The van der Waals surface area contributed by atoms with Crippen molar-refractivity contribution >= 4 is 39.9 Å². The fourth-order valence-electron chi connectivity index (χ4n) is 3.33. The van der Waals surface area contributed by atoms with Crippen LogP contribution in [0.1, 0.15) is 29.8 Å². The van der Waals surface area contributed by atoms with Gasteiger partial charge in [0.2, 0.25) is 0 Å². The van der Waals surface area contributed by atoms with Gasteiger partial charge in [0.25, 0.3) is 5.91 Å². The Morgan fingerprint density at radius 3 is 2.64 bits per heavy atom. The first-order chi connectivity index (χ1) is 12.2. The summed E-state index contributed by atoms with van der Waals surface area (Å²) >= 11 is 6.44. The zero-order valence-corrected chi connectivity index (χ0v) is 14.6. The number of halogens is 1. The molecule has 3 aromatic rings. The zero-order valence-electron chi connectivity index (χ0n) is 13.8. The third kappa shape index (κ3) is 3.22. The molecule has 1 aromatic heterocycles. The normalized spacial score (nSPS) is 14.7. The maximum Gasteiger partial charge on any atom is 0.291 e. The van der Waals surface area contributed by atoms with Crippen molar-refractivity contribution in [3.8, 4) is 0 Å². The van der Waals surface area contributed by atoms with E-state index in [1.807, 2.05) is 42.5 Å². The number of para-hydroxylation sites is 2. The van der Waals surface area contributed by atoms with E-state index in [4.69, 9.17) is 16.0 Å². The second-order valence-corrected chi connectivity index (χ2v) is 6.69. The maximum absolute atomic E-state index is 12.7. The Labute approximate surface area is 151 Å². The molecule has 0 saturated carbocycles. The van der Waals surface area contributed by atoms with Crippen LogP contribution in [-0.2, 0) is 0 Å². The predicted molar refractivity (Wildman–Crippen MR) is 102 cm³/mol. The van der Waals surface area contributed by atoms with Gasteiger partial charge in [0.05, 0.1) is 16.4 Å². The molecular weight excluding hydrogens is 336 g/mol. The van der Waals surface area contributed by atoms with Gasteiger partial charge in [0, 0.05) is 18.5 Å². The van der Waals surface area contributed by atoms with Gasteiger partial charge in [-0.15, -0.1) is 0 Å². The number of anilines is 2. The molecule has 1 aliphatic rings. The summed E-state index contributed by atoms with van der Waals surface area (Å²) in [4.78, 5) is 14.9. The lowest BCUT2D eigenvalue weighted by atomic mass is 10.1. The SMILES string of the molecule is O=C(Nc1cccc(Cl)c1N1CCCCC1)c1cc2ccccc2o1. The summed E-state index contributed by atoms with van der Waals surface area (Å²) in [5, 5.41) is 4.54. The monoisotopic (exact) mass is 354 g/mol. The molecule has 1 amide bonds. The van der Waals surface area contributed by atoms with Crippen LogP contribution in [0.3, 0.4) is 0 Å². The highest BCUT2D eigenvalue weighted by molar-refractivity contribution is 6.34. The number of piperidine rings is 1. The molecule has 25 heavy (non-hydrogen) atoms. The van der Waals surface area contributed by atoms with E-state index in [2.05, 4.69) is 10.2 Å². The predicted octanol–water partition coefficient (Wildman–Crippen LogP) is 5.33. The molecule has 5 heteroatoms. The van der Waals surface area contributed by atoms with E-state index in [0.29, 0.717) is 16.4 Å². The van der Waals surface area contributed by atoms with Crippen LogP contribution in [0.15, 0.2) is 52.9 Å². The van der Waals surface area contributed by atoms with Crippen molar-refractivity contribution in [2.45, 2.75) is 19.3 Å². The number of fused-ring (bicyclic) bond motifs is 1. The lowest BCUT2D eigenvalue weighted by molar-refractivity contribution is 0.0998. The van der Waals surface area contributed by atoms with Crippen LogP contribution in [0.25, 0.3) is 11.0 Å². The minimum absolute atomic E-state index is 0.267. The van der Waals surface area contributed by atoms with Crippen molar-refractivity contribution in [2.75, 3.05) is 23.3 Å². The Balaban J connectivity index is 1.63. The van der Waals surface area contributed by atoms with Gasteiger partial charge in [0.1, 0.15) is 5.58 Å². The number of carbonyl (C=O) groups excluding carboxylic acids is 1. The standard InChI is InChI=1S/C20H19ClN2O2/c21-15-8-6-9-16(19(15)23-11-4-1-5-12-23)22-20(24)18-13-14-7-2-3-10-17(14)25-18/h2-3,6-10,13H,1,4-5,11-12H2,(H,22,24). The second kappa shape index (κ2) is 6.81. The van der Waals surface area contributed by atoms with Gasteiger partial charge in [-0.25, -0.2) is 0 Å². The molecule has 0 atom stereocenters. The lowest BCUT2D eigenvalue weighted by Crippen LogP contribution is -2.30. The molecule has 0 spiro atoms. The molecule has 2 heterocycles. The fourth-order valence-corrected chi connectivity index (χ4v) is 3.63. The summed E-state index contributed by atoms with van der Waals surface area (Å²) in [6.07, 6.45) is 3.52. The van der Waals surface area contributed by atoms with Crippen molar-refractivity contribution in [1.82, 2.24) is 0 Å². The minimum atomic E-state index is -0.267. The van der Waals surface area contributed by atoms with Crippen LogP contribution < -0.4 is 10.2 Å². The van der Waals surface area contributed by atoms with E-state index in [-0.39, 0.29) is 5.91 Å². The van der Waals surface area contributed by atoms with Gasteiger partial charge in [-0.05, 0) is 43.5 Å². The van der Waals surface area contributed by atoms with Gasteiger partial charge in [-0.2, -0.15) is 0 Å². The smallest absolute Gasteiger partial charge is 0.291 e. The van der Waals surface area contributed by atoms with Gasteiger partial charge < -0.3 is 14.6 Å². The Morgan fingerprint density at radius 2 is 1.84 bits per heavy atom. The van der Waals surface area contributed by atoms with Crippen molar-refractivity contribution in [3.05, 3.63) is 59.3 Å². The van der Waals surface area contributed by atoms with Gasteiger partial charge >= 0.3 is 0 Å². The topological polar surface area (TPSA) is 45.5 Å². The molecule has 0 aliphatic carbocycles. The molecule has 1 saturated heterocycles. The zero-order chi connectivity index (χ0) is 17.2. The summed E-state index contributed by atoms with van der Waals surface area (Å²) < 4.78 is 5.66. The molecule has 1 N–H and O–H groups in total. The highest BCUT2D eigenvalue weighted by Crippen LogP contribution is 2.36. The molecule has 1 aliphatic heterocycles. The first-order valence-corrected chi connectivity index (χ1v) is 8.93. The third-order valence-corrected chi connectivity index (χ3v) is 4.86. The fraction of sp³-hybridized carbons (Fsp3) is 0.250. The molecule has 4 rings (SSSR count). The number of furan rings is 1. The quantitative estimate of drug-likeness (QED) is 0.691. The first kappa shape index (κ1) is 16.0. The highest BCUT2D eigenvalue weighted by atomic mass is 35.5. The minimum Gasteiger partial charge on any atom is -0.451 e. The molecule has 1 fully saturated rings. The van der Waals surface area contributed by atoms with Crippen LogP contribution in [0.5, 0.6) is 0 Å². The van der Waals surface area contributed by atoms with E-state index in [1.165, 1.54) is 6.42 Å². The molecule has 0 unspecified atom stereocenters. The number of nitrogens with zero attached hydrogens (tertiary/aromatic N) is 1. The third-order valence-electron chi connectivity index (χ3n) is 4.56. The second-order valence-electron chi connectivity index (χ2n) is 6.29. The Kier molecular flexibility index (Phi) is 4.36. The maximum atomic E-state index is 12.7. The van der Waals surface area contributed by atoms with E-state index in [0.717, 1.165) is 42.7 Å². The molecular formula is C20H19ClN2O2. The first-order valence-electron chi connectivity index (χ1n) is 8.56. The van der Waals surface area contributed by atoms with Crippen LogP contribution in [0.4, 0.5) is 11.4 Å². The van der Waals surface area contributed by atoms with E-state index >= 15 is 0 Å². The van der Waals surface area contributed by atoms with Crippen LogP contribution in [0, 0.1) is 0 Å². The summed E-state index contributed by atoms with van der Waals surface area (Å²) in [7, 11) is 0. The van der Waals surface area contributed by atoms with Crippen LogP contribution in [-0.4, -0.2) is 19.0 Å². The number of hydrogen-bond acceptors (Lipinski definition) is 3. The van der Waals surface area contributed by atoms with Crippen molar-refractivity contribution < 1.29 is 9.21 Å². The Hall–Kier alpha value is -2.46. The number of hydrogen-bond donors (Lipinski definition) is 1. The van der Waals surface area contributed by atoms with Crippen LogP contribution in [0.2, 0.25) is 5.02 Å². The van der Waals surface area contributed by atoms with E-state index < -0.39 is 0 Å². The summed E-state index contributed by atoms with van der Waals surface area (Å²) in [6.45, 7) is 1.91. The average molecular weight is 355 g/mol. The van der Waals surface area contributed by atoms with Gasteiger partial charge in [-0.3, -0.25) is 4.79 Å². The lowest BCUT2D eigenvalue weighted by Gasteiger charge is -2.31. The van der Waals surface area contributed by atoms with Crippen molar-refractivity contribution in [1.29, 1.82) is 0 Å². The van der Waals surface area contributed by atoms with E-state index in [1.54, 1.807) is 6.07 Å². The number of benzene rings is 2. The number of rotatable bonds is 3. The molecule has 0 bridgehead atoms. The summed E-state index contributed by atoms with van der Waals surface area (Å²) in [5.74, 6) is 0.0301. The summed E-state index contributed by atoms with van der Waals surface area (Å²) in [6, 6.07) is 14.9. The van der Waals surface area contributed by atoms with Gasteiger partial charge in [-0.1, -0.05) is 35.9 Å². The molecule has 4 nitrogen and oxygen atoms in total. The Bertz CT molecular complexity index is 880. The molecule has 2 aromatic carbocycles. The highest BCUT2D eigenvalue weighted by Gasteiger charge is 2.20. The molecule has 128 valence electrons. The van der Waals surface area contributed by atoms with Gasteiger partial charge in [0.15, 0.2) is 5.76 Å². The van der Waals surface area contributed by atoms with Crippen molar-refractivity contribution in [3.63, 3.8) is 0 Å². The largest absolute Gasteiger partial charge is 0.451 e. The average Bonchev–Trinajstić information content (AvgIpc) is 3.07. The van der Waals surface area contributed by atoms with Crippen LogP contribution >= 0.6 is 11.6 Å². The number of amides is 1. The van der Waals surface area contributed by atoms with Crippen molar-refractivity contribution in [2.24, 2.45) is 0 Å². The molecule has 0 radical (unpaired) electrons. The number of carbonyl (C=O) groups is 1. The summed E-state index contributed by atoms with van der Waals surface area (Å²) in [5.41, 5.74) is 2.32.